The van der Waals surface area contributed by atoms with Gasteiger partial charge in [-0.3, -0.25) is 4.40 Å². The highest BCUT2D eigenvalue weighted by atomic mass is 19.1. The molecule has 2 aromatic heterocycles. The van der Waals surface area contributed by atoms with Crippen molar-refractivity contribution in [3.63, 3.8) is 0 Å². The number of nitrogens with one attached hydrogen (secondary N) is 1. The lowest BCUT2D eigenvalue weighted by molar-refractivity contribution is 0.587. The number of hydrogen-bond acceptors (Lipinski definition) is 4. The lowest BCUT2D eigenvalue weighted by atomic mass is 10.2. The fourth-order valence-electron chi connectivity index (χ4n) is 1.74. The van der Waals surface area contributed by atoms with E-state index in [-0.39, 0.29) is 12.1 Å². The molecule has 96 valence electrons. The van der Waals surface area contributed by atoms with Crippen LogP contribution in [0.1, 0.15) is 5.56 Å². The molecular weight excluding hydrogens is 252 g/mol. The van der Waals surface area contributed by atoms with E-state index < -0.39 is 11.6 Å². The predicted molar refractivity (Wildman–Crippen MR) is 64.5 cm³/mol. The van der Waals surface area contributed by atoms with Gasteiger partial charge in [0.1, 0.15) is 18.0 Å². The zero-order chi connectivity index (χ0) is 13.2. The Balaban J connectivity index is 1.86. The molecule has 0 atom stereocenters. The zero-order valence-electron chi connectivity index (χ0n) is 9.72. The maximum atomic E-state index is 13.5. The fourth-order valence-corrected chi connectivity index (χ4v) is 1.74. The molecule has 7 heteroatoms. The van der Waals surface area contributed by atoms with Gasteiger partial charge in [0.15, 0.2) is 5.82 Å². The molecule has 0 radical (unpaired) electrons. The number of rotatable bonds is 3. The smallest absolute Gasteiger partial charge is 0.203 e. The monoisotopic (exact) mass is 261 g/mol. The Morgan fingerprint density at radius 3 is 3.05 bits per heavy atom. The SMILES string of the molecule is Fc1ccc(F)c(CNc2nccn3cnnc23)c1. The van der Waals surface area contributed by atoms with Crippen LogP contribution in [0, 0.1) is 11.6 Å². The minimum atomic E-state index is -0.480. The number of aromatic nitrogens is 4. The number of fused-ring (bicyclic) bond motifs is 1. The third-order valence-electron chi connectivity index (χ3n) is 2.67. The van der Waals surface area contributed by atoms with Crippen molar-refractivity contribution in [2.45, 2.75) is 6.54 Å². The molecule has 0 spiro atoms. The molecule has 2 heterocycles. The third-order valence-corrected chi connectivity index (χ3v) is 2.67. The Morgan fingerprint density at radius 2 is 2.16 bits per heavy atom. The lowest BCUT2D eigenvalue weighted by Gasteiger charge is -2.07. The quantitative estimate of drug-likeness (QED) is 0.783. The van der Waals surface area contributed by atoms with E-state index in [2.05, 4.69) is 20.5 Å². The Labute approximate surface area is 106 Å². The van der Waals surface area contributed by atoms with Crippen LogP contribution < -0.4 is 5.32 Å². The molecule has 3 aromatic rings. The van der Waals surface area contributed by atoms with Gasteiger partial charge in [0, 0.05) is 24.5 Å². The molecule has 5 nitrogen and oxygen atoms in total. The van der Waals surface area contributed by atoms with E-state index in [0.29, 0.717) is 11.5 Å². The van der Waals surface area contributed by atoms with Gasteiger partial charge in [-0.25, -0.2) is 13.8 Å². The van der Waals surface area contributed by atoms with Crippen molar-refractivity contribution in [1.82, 2.24) is 19.6 Å². The molecule has 0 bridgehead atoms. The van der Waals surface area contributed by atoms with E-state index in [9.17, 15) is 8.78 Å². The second-order valence-electron chi connectivity index (χ2n) is 3.93. The summed E-state index contributed by atoms with van der Waals surface area (Å²) in [7, 11) is 0. The highest BCUT2D eigenvalue weighted by Crippen LogP contribution is 2.14. The van der Waals surface area contributed by atoms with Gasteiger partial charge in [-0.1, -0.05) is 0 Å². The molecule has 0 aliphatic carbocycles. The lowest BCUT2D eigenvalue weighted by Crippen LogP contribution is -2.05. The topological polar surface area (TPSA) is 55.1 Å². The van der Waals surface area contributed by atoms with Gasteiger partial charge in [0.2, 0.25) is 5.65 Å². The van der Waals surface area contributed by atoms with Gasteiger partial charge in [-0.05, 0) is 18.2 Å². The van der Waals surface area contributed by atoms with Crippen molar-refractivity contribution in [3.8, 4) is 0 Å². The van der Waals surface area contributed by atoms with Crippen LogP contribution in [-0.2, 0) is 6.54 Å². The molecule has 0 saturated carbocycles. The first-order valence-corrected chi connectivity index (χ1v) is 5.56. The number of nitrogens with zero attached hydrogens (tertiary/aromatic N) is 4. The minimum Gasteiger partial charge on any atom is -0.363 e. The summed E-state index contributed by atoms with van der Waals surface area (Å²) >= 11 is 0. The van der Waals surface area contributed by atoms with E-state index >= 15 is 0 Å². The molecule has 0 unspecified atom stereocenters. The van der Waals surface area contributed by atoms with Crippen molar-refractivity contribution < 1.29 is 8.78 Å². The first-order chi connectivity index (χ1) is 9.24. The highest BCUT2D eigenvalue weighted by molar-refractivity contribution is 5.61. The van der Waals surface area contributed by atoms with E-state index in [1.165, 1.54) is 6.33 Å². The Hall–Kier alpha value is -2.57. The summed E-state index contributed by atoms with van der Waals surface area (Å²) in [6.07, 6.45) is 4.80. The summed E-state index contributed by atoms with van der Waals surface area (Å²) in [5, 5.41) is 10.6. The molecule has 19 heavy (non-hydrogen) atoms. The Bertz CT molecular complexity index is 725. The van der Waals surface area contributed by atoms with Crippen LogP contribution in [0.5, 0.6) is 0 Å². The van der Waals surface area contributed by atoms with Gasteiger partial charge in [-0.2, -0.15) is 0 Å². The van der Waals surface area contributed by atoms with Gasteiger partial charge < -0.3 is 5.32 Å². The first-order valence-electron chi connectivity index (χ1n) is 5.56. The van der Waals surface area contributed by atoms with Gasteiger partial charge in [-0.15, -0.1) is 10.2 Å². The summed E-state index contributed by atoms with van der Waals surface area (Å²) in [6, 6.07) is 3.32. The van der Waals surface area contributed by atoms with Crippen molar-refractivity contribution >= 4 is 11.5 Å². The van der Waals surface area contributed by atoms with E-state index in [4.69, 9.17) is 0 Å². The Kier molecular flexibility index (Phi) is 2.79. The summed E-state index contributed by atoms with van der Waals surface area (Å²) in [5.41, 5.74) is 0.752. The first kappa shape index (κ1) is 11.5. The summed E-state index contributed by atoms with van der Waals surface area (Å²) < 4.78 is 28.2. The summed E-state index contributed by atoms with van der Waals surface area (Å²) in [4.78, 5) is 4.10. The highest BCUT2D eigenvalue weighted by Gasteiger charge is 2.07. The van der Waals surface area contributed by atoms with Crippen LogP contribution >= 0.6 is 0 Å². The Morgan fingerprint density at radius 1 is 1.26 bits per heavy atom. The summed E-state index contributed by atoms with van der Waals surface area (Å²) in [5.74, 6) is -0.488. The molecule has 3 rings (SSSR count). The second-order valence-corrected chi connectivity index (χ2v) is 3.93. The van der Waals surface area contributed by atoms with Crippen LogP contribution in [0.4, 0.5) is 14.6 Å². The minimum absolute atomic E-state index is 0.114. The molecule has 1 aromatic carbocycles. The predicted octanol–water partition coefficient (Wildman–Crippen LogP) is 2.01. The fraction of sp³-hybridized carbons (Fsp3) is 0.0833. The second kappa shape index (κ2) is 4.60. The average Bonchev–Trinajstić information content (AvgIpc) is 2.88. The molecule has 0 aliphatic rings. The molecule has 0 aliphatic heterocycles. The van der Waals surface area contributed by atoms with Gasteiger partial charge >= 0.3 is 0 Å². The average molecular weight is 261 g/mol. The zero-order valence-corrected chi connectivity index (χ0v) is 9.72. The largest absolute Gasteiger partial charge is 0.363 e. The van der Waals surface area contributed by atoms with E-state index in [1.807, 2.05) is 0 Å². The van der Waals surface area contributed by atoms with E-state index in [1.54, 1.807) is 16.8 Å². The third kappa shape index (κ3) is 2.22. The van der Waals surface area contributed by atoms with Crippen LogP contribution in [0.25, 0.3) is 5.65 Å². The van der Waals surface area contributed by atoms with Crippen molar-refractivity contribution in [2.75, 3.05) is 5.32 Å². The number of benzene rings is 1. The van der Waals surface area contributed by atoms with Gasteiger partial charge in [0.05, 0.1) is 0 Å². The van der Waals surface area contributed by atoms with E-state index in [0.717, 1.165) is 18.2 Å². The maximum Gasteiger partial charge on any atom is 0.203 e. The molecule has 0 fully saturated rings. The maximum absolute atomic E-state index is 13.5. The number of anilines is 1. The van der Waals surface area contributed by atoms with Crippen molar-refractivity contribution in [1.29, 1.82) is 0 Å². The van der Waals surface area contributed by atoms with Crippen LogP contribution in [0.2, 0.25) is 0 Å². The number of hydrogen-bond donors (Lipinski definition) is 1. The molecule has 0 amide bonds. The van der Waals surface area contributed by atoms with Crippen molar-refractivity contribution in [3.05, 3.63) is 54.1 Å². The standard InChI is InChI=1S/C12H9F2N5/c13-9-1-2-10(14)8(5-9)6-16-11-12-18-17-7-19(12)4-3-15-11/h1-5,7H,6H2,(H,15,16). The van der Waals surface area contributed by atoms with Crippen LogP contribution in [0.15, 0.2) is 36.9 Å². The molecular formula is C12H9F2N5. The molecule has 0 saturated heterocycles. The summed E-state index contributed by atoms with van der Waals surface area (Å²) in [6.45, 7) is 0.114. The van der Waals surface area contributed by atoms with Gasteiger partial charge in [0.25, 0.3) is 0 Å². The normalized spacial score (nSPS) is 10.8. The van der Waals surface area contributed by atoms with Crippen LogP contribution in [0.3, 0.4) is 0 Å². The van der Waals surface area contributed by atoms with Crippen LogP contribution in [-0.4, -0.2) is 19.6 Å². The number of halogens is 2. The van der Waals surface area contributed by atoms with Crippen molar-refractivity contribution in [2.24, 2.45) is 0 Å². The molecule has 1 N–H and O–H groups in total.